The van der Waals surface area contributed by atoms with Crippen LogP contribution in [0.2, 0.25) is 0 Å². The first kappa shape index (κ1) is 14.6. The standard InChI is InChI=1S/C16H11N3OS2/c17-10-21-9-15(20)18-12-5-3-4-11(8-12)16-19-13-6-1-2-7-14(13)22-16/h1-8H,9H2,(H,18,20). The Morgan fingerprint density at radius 2 is 2.14 bits per heavy atom. The lowest BCUT2D eigenvalue weighted by Gasteiger charge is -2.05. The third kappa shape index (κ3) is 3.27. The maximum Gasteiger partial charge on any atom is 0.235 e. The summed E-state index contributed by atoms with van der Waals surface area (Å²) in [6.07, 6.45) is 0. The van der Waals surface area contributed by atoms with Gasteiger partial charge in [0.25, 0.3) is 0 Å². The molecule has 0 unspecified atom stereocenters. The fourth-order valence-corrected chi connectivity index (χ4v) is 3.25. The Balaban J connectivity index is 1.84. The van der Waals surface area contributed by atoms with Crippen molar-refractivity contribution in [3.8, 4) is 16.0 Å². The number of hydrogen-bond acceptors (Lipinski definition) is 5. The van der Waals surface area contributed by atoms with E-state index < -0.39 is 0 Å². The van der Waals surface area contributed by atoms with Gasteiger partial charge in [-0.1, -0.05) is 24.3 Å². The lowest BCUT2D eigenvalue weighted by Crippen LogP contribution is -2.13. The van der Waals surface area contributed by atoms with Gasteiger partial charge >= 0.3 is 0 Å². The highest BCUT2D eigenvalue weighted by atomic mass is 32.2. The number of amides is 1. The number of anilines is 1. The zero-order valence-electron chi connectivity index (χ0n) is 11.4. The Morgan fingerprint density at radius 1 is 1.27 bits per heavy atom. The zero-order chi connectivity index (χ0) is 15.4. The van der Waals surface area contributed by atoms with E-state index in [9.17, 15) is 4.79 Å². The van der Waals surface area contributed by atoms with Gasteiger partial charge < -0.3 is 5.32 Å². The van der Waals surface area contributed by atoms with Crippen molar-refractivity contribution in [2.75, 3.05) is 11.1 Å². The second-order valence-electron chi connectivity index (χ2n) is 4.50. The zero-order valence-corrected chi connectivity index (χ0v) is 13.1. The number of para-hydroxylation sites is 1. The molecule has 0 saturated heterocycles. The maximum atomic E-state index is 11.7. The number of nitriles is 1. The molecule has 0 aliphatic heterocycles. The SMILES string of the molecule is N#CSCC(=O)Nc1cccc(-c2nc3ccccc3s2)c1. The van der Waals surface area contributed by atoms with Crippen molar-refractivity contribution in [1.29, 1.82) is 5.26 Å². The third-order valence-corrected chi connectivity index (χ3v) is 4.58. The second kappa shape index (κ2) is 6.60. The number of hydrogen-bond donors (Lipinski definition) is 1. The molecule has 0 radical (unpaired) electrons. The highest BCUT2D eigenvalue weighted by molar-refractivity contribution is 8.04. The van der Waals surface area contributed by atoms with E-state index in [1.54, 1.807) is 11.3 Å². The number of thiocyanates is 1. The molecule has 0 bridgehead atoms. The molecular formula is C16H11N3OS2. The number of nitrogens with one attached hydrogen (secondary N) is 1. The van der Waals surface area contributed by atoms with Gasteiger partial charge in [0, 0.05) is 11.3 Å². The number of fused-ring (bicyclic) bond motifs is 1. The molecule has 1 heterocycles. The number of rotatable bonds is 4. The number of carbonyl (C=O) groups is 1. The van der Waals surface area contributed by atoms with Crippen molar-refractivity contribution in [3.63, 3.8) is 0 Å². The smallest absolute Gasteiger partial charge is 0.235 e. The van der Waals surface area contributed by atoms with Gasteiger partial charge in [-0.05, 0) is 36.0 Å². The van der Waals surface area contributed by atoms with Crippen LogP contribution in [0.1, 0.15) is 0 Å². The maximum absolute atomic E-state index is 11.7. The first-order valence-electron chi connectivity index (χ1n) is 6.53. The van der Waals surface area contributed by atoms with E-state index in [2.05, 4.69) is 10.3 Å². The van der Waals surface area contributed by atoms with E-state index in [1.807, 2.05) is 53.9 Å². The molecule has 0 saturated carbocycles. The van der Waals surface area contributed by atoms with E-state index in [4.69, 9.17) is 5.26 Å². The number of thioether (sulfide) groups is 1. The van der Waals surface area contributed by atoms with Gasteiger partial charge in [-0.3, -0.25) is 4.79 Å². The summed E-state index contributed by atoms with van der Waals surface area (Å²) < 4.78 is 1.14. The highest BCUT2D eigenvalue weighted by Crippen LogP contribution is 2.31. The van der Waals surface area contributed by atoms with Gasteiger partial charge in [0.1, 0.15) is 10.4 Å². The van der Waals surface area contributed by atoms with Crippen LogP contribution in [-0.2, 0) is 4.79 Å². The average molecular weight is 325 g/mol. The minimum absolute atomic E-state index is 0.127. The summed E-state index contributed by atoms with van der Waals surface area (Å²) in [4.78, 5) is 16.3. The van der Waals surface area contributed by atoms with E-state index in [0.29, 0.717) is 5.69 Å². The lowest BCUT2D eigenvalue weighted by molar-refractivity contribution is -0.113. The minimum atomic E-state index is -0.187. The normalized spacial score (nSPS) is 10.3. The first-order chi connectivity index (χ1) is 10.8. The molecule has 4 nitrogen and oxygen atoms in total. The summed E-state index contributed by atoms with van der Waals surface area (Å²) in [7, 11) is 0. The molecule has 0 aliphatic carbocycles. The summed E-state index contributed by atoms with van der Waals surface area (Å²) in [5, 5.41) is 14.1. The molecule has 22 heavy (non-hydrogen) atoms. The number of carbonyl (C=O) groups excluding carboxylic acids is 1. The Hall–Kier alpha value is -2.36. The predicted octanol–water partition coefficient (Wildman–Crippen LogP) is 4.12. The lowest BCUT2D eigenvalue weighted by atomic mass is 10.2. The molecular weight excluding hydrogens is 314 g/mol. The summed E-state index contributed by atoms with van der Waals surface area (Å²) >= 11 is 2.54. The third-order valence-electron chi connectivity index (χ3n) is 2.95. The van der Waals surface area contributed by atoms with Crippen LogP contribution in [0.15, 0.2) is 48.5 Å². The molecule has 3 aromatic rings. The van der Waals surface area contributed by atoms with Gasteiger partial charge in [0.05, 0.1) is 16.0 Å². The number of aromatic nitrogens is 1. The predicted molar refractivity (Wildman–Crippen MR) is 91.8 cm³/mol. The Morgan fingerprint density at radius 3 is 2.95 bits per heavy atom. The van der Waals surface area contributed by atoms with Gasteiger partial charge in [-0.15, -0.1) is 11.3 Å². The van der Waals surface area contributed by atoms with Crippen molar-refractivity contribution in [3.05, 3.63) is 48.5 Å². The molecule has 0 atom stereocenters. The molecule has 1 amide bonds. The van der Waals surface area contributed by atoms with Crippen molar-refractivity contribution in [2.24, 2.45) is 0 Å². The van der Waals surface area contributed by atoms with Crippen LogP contribution in [0.25, 0.3) is 20.8 Å². The summed E-state index contributed by atoms with van der Waals surface area (Å²) in [6.45, 7) is 0. The van der Waals surface area contributed by atoms with Crippen molar-refractivity contribution in [1.82, 2.24) is 4.98 Å². The van der Waals surface area contributed by atoms with Crippen LogP contribution in [0.4, 0.5) is 5.69 Å². The summed E-state index contributed by atoms with van der Waals surface area (Å²) in [5.74, 6) is -0.0602. The molecule has 1 aromatic heterocycles. The van der Waals surface area contributed by atoms with Crippen LogP contribution in [0.3, 0.4) is 0 Å². The fraction of sp³-hybridized carbons (Fsp3) is 0.0625. The minimum Gasteiger partial charge on any atom is -0.325 e. The second-order valence-corrected chi connectivity index (χ2v) is 6.29. The molecule has 6 heteroatoms. The van der Waals surface area contributed by atoms with E-state index in [-0.39, 0.29) is 11.7 Å². The van der Waals surface area contributed by atoms with E-state index in [1.165, 1.54) is 0 Å². The quantitative estimate of drug-likeness (QED) is 0.733. The van der Waals surface area contributed by atoms with Gasteiger partial charge in [0.15, 0.2) is 0 Å². The monoisotopic (exact) mass is 325 g/mol. The Bertz CT molecular complexity index is 834. The number of nitrogens with zero attached hydrogens (tertiary/aromatic N) is 2. The summed E-state index contributed by atoms with van der Waals surface area (Å²) in [5.41, 5.74) is 2.65. The molecule has 1 N–H and O–H groups in total. The molecule has 108 valence electrons. The van der Waals surface area contributed by atoms with Gasteiger partial charge in [-0.2, -0.15) is 5.26 Å². The average Bonchev–Trinajstić information content (AvgIpc) is 2.97. The van der Waals surface area contributed by atoms with Crippen molar-refractivity contribution in [2.45, 2.75) is 0 Å². The van der Waals surface area contributed by atoms with Gasteiger partial charge in [-0.25, -0.2) is 4.98 Å². The van der Waals surface area contributed by atoms with E-state index in [0.717, 1.165) is 32.5 Å². The number of thiazole rings is 1. The topological polar surface area (TPSA) is 65.8 Å². The highest BCUT2D eigenvalue weighted by Gasteiger charge is 2.08. The van der Waals surface area contributed by atoms with Crippen LogP contribution in [-0.4, -0.2) is 16.6 Å². The Kier molecular flexibility index (Phi) is 4.37. The molecule has 2 aromatic carbocycles. The largest absolute Gasteiger partial charge is 0.325 e. The summed E-state index contributed by atoms with van der Waals surface area (Å²) in [6, 6.07) is 15.6. The molecule has 3 rings (SSSR count). The van der Waals surface area contributed by atoms with E-state index >= 15 is 0 Å². The fourth-order valence-electron chi connectivity index (χ4n) is 2.02. The van der Waals surface area contributed by atoms with Crippen LogP contribution < -0.4 is 5.32 Å². The van der Waals surface area contributed by atoms with Crippen molar-refractivity contribution < 1.29 is 4.79 Å². The van der Waals surface area contributed by atoms with Crippen LogP contribution in [0.5, 0.6) is 0 Å². The van der Waals surface area contributed by atoms with Gasteiger partial charge in [0.2, 0.25) is 5.91 Å². The molecule has 0 spiro atoms. The van der Waals surface area contributed by atoms with Crippen LogP contribution >= 0.6 is 23.1 Å². The molecule has 0 fully saturated rings. The molecule has 0 aliphatic rings. The first-order valence-corrected chi connectivity index (χ1v) is 8.33. The number of benzene rings is 2. The van der Waals surface area contributed by atoms with Crippen LogP contribution in [0, 0.1) is 10.7 Å². The van der Waals surface area contributed by atoms with Crippen molar-refractivity contribution >= 4 is 44.9 Å². The Labute approximate surface area is 135 Å².